The van der Waals surface area contributed by atoms with Gasteiger partial charge in [-0.1, -0.05) is 104 Å². The molecule has 0 atom stereocenters. The van der Waals surface area contributed by atoms with Gasteiger partial charge in [-0.05, 0) is 31.8 Å². The average molecular weight is 291 g/mol. The zero-order chi connectivity index (χ0) is 15.6. The summed E-state index contributed by atoms with van der Waals surface area (Å²) in [4.78, 5) is 0. The molecule has 115 valence electrons. The normalized spacial score (nSPS) is 29.8. The monoisotopic (exact) mass is 291 g/mol. The molecule has 1 rings (SSSR count). The molecular formula is C22H27. The Hall–Kier alpha value is -2.08. The third kappa shape index (κ3) is 12.9. The highest BCUT2D eigenvalue weighted by Gasteiger charge is 1.87. The first-order valence-electron chi connectivity index (χ1n) is 8.22. The molecule has 0 nitrogen and oxygen atoms in total. The lowest BCUT2D eigenvalue weighted by atomic mass is 10.1. The highest BCUT2D eigenvalue weighted by Crippen LogP contribution is 2.06. The molecule has 0 aromatic rings. The molecule has 22 heavy (non-hydrogen) atoms. The summed E-state index contributed by atoms with van der Waals surface area (Å²) in [5.74, 6) is 0. The van der Waals surface area contributed by atoms with Gasteiger partial charge in [-0.2, -0.15) is 0 Å². The summed E-state index contributed by atoms with van der Waals surface area (Å²) < 4.78 is 0. The average Bonchev–Trinajstić information content (AvgIpc) is 2.53. The van der Waals surface area contributed by atoms with Gasteiger partial charge in [0.15, 0.2) is 0 Å². The molecule has 1 radical (unpaired) electrons. The van der Waals surface area contributed by atoms with Crippen LogP contribution in [0.2, 0.25) is 0 Å². The Balaban J connectivity index is 2.46. The van der Waals surface area contributed by atoms with E-state index in [1.54, 1.807) is 0 Å². The molecule has 1 aliphatic rings. The van der Waals surface area contributed by atoms with E-state index < -0.39 is 0 Å². The fourth-order valence-corrected chi connectivity index (χ4v) is 1.93. The maximum Gasteiger partial charge on any atom is -0.0276 e. The van der Waals surface area contributed by atoms with Crippen molar-refractivity contribution in [2.75, 3.05) is 0 Å². The minimum Gasteiger partial charge on any atom is -0.0845 e. The van der Waals surface area contributed by atoms with Crippen molar-refractivity contribution in [1.82, 2.24) is 0 Å². The number of hydrogen-bond acceptors (Lipinski definition) is 0. The zero-order valence-corrected chi connectivity index (χ0v) is 13.4. The van der Waals surface area contributed by atoms with Gasteiger partial charge >= 0.3 is 0 Å². The summed E-state index contributed by atoms with van der Waals surface area (Å²) in [5, 5.41) is 0. The molecule has 0 aliphatic heterocycles. The molecule has 0 heterocycles. The van der Waals surface area contributed by atoms with Crippen LogP contribution in [0, 0.1) is 6.08 Å². The van der Waals surface area contributed by atoms with E-state index in [1.165, 1.54) is 32.1 Å². The van der Waals surface area contributed by atoms with Crippen LogP contribution < -0.4 is 0 Å². The number of allylic oxidation sites excluding steroid dienone is 16. The molecule has 0 spiro atoms. The maximum atomic E-state index is 3.32. The minimum absolute atomic E-state index is 1.06. The van der Waals surface area contributed by atoms with Crippen LogP contribution in [0.15, 0.2) is 91.1 Å². The van der Waals surface area contributed by atoms with Gasteiger partial charge in [0, 0.05) is 0 Å². The van der Waals surface area contributed by atoms with Gasteiger partial charge in [-0.25, -0.2) is 0 Å². The van der Waals surface area contributed by atoms with Crippen LogP contribution in [0.1, 0.15) is 38.5 Å². The molecule has 0 saturated carbocycles. The summed E-state index contributed by atoms with van der Waals surface area (Å²) in [6.45, 7) is 0. The van der Waals surface area contributed by atoms with Crippen LogP contribution in [0.3, 0.4) is 0 Å². The molecular weight excluding hydrogens is 264 g/mol. The molecule has 1 aliphatic carbocycles. The lowest BCUT2D eigenvalue weighted by molar-refractivity contribution is 0.649. The van der Waals surface area contributed by atoms with Crippen LogP contribution in [-0.4, -0.2) is 0 Å². The first-order valence-corrected chi connectivity index (χ1v) is 8.22. The molecule has 0 aromatic heterocycles. The zero-order valence-electron chi connectivity index (χ0n) is 13.4. The van der Waals surface area contributed by atoms with Crippen molar-refractivity contribution in [3.8, 4) is 0 Å². The molecule has 0 heteroatoms. The third-order valence-corrected chi connectivity index (χ3v) is 3.13. The second kappa shape index (κ2) is 15.3. The summed E-state index contributed by atoms with van der Waals surface area (Å²) in [6, 6.07) is 0. The summed E-state index contributed by atoms with van der Waals surface area (Å²) >= 11 is 0. The van der Waals surface area contributed by atoms with Crippen molar-refractivity contribution in [3.05, 3.63) is 97.2 Å². The van der Waals surface area contributed by atoms with Gasteiger partial charge in [0.25, 0.3) is 0 Å². The Bertz CT molecular complexity index is 430. The Kier molecular flexibility index (Phi) is 12.5. The summed E-state index contributed by atoms with van der Waals surface area (Å²) in [7, 11) is 0. The highest BCUT2D eigenvalue weighted by atomic mass is 13.9. The lowest BCUT2D eigenvalue weighted by Gasteiger charge is -1.96. The second-order valence-electron chi connectivity index (χ2n) is 5.06. The first kappa shape index (κ1) is 18.0. The molecule has 0 N–H and O–H groups in total. The Morgan fingerprint density at radius 3 is 1.59 bits per heavy atom. The van der Waals surface area contributed by atoms with Crippen molar-refractivity contribution in [3.63, 3.8) is 0 Å². The van der Waals surface area contributed by atoms with Crippen LogP contribution in [0.4, 0.5) is 0 Å². The van der Waals surface area contributed by atoms with Gasteiger partial charge in [0.1, 0.15) is 0 Å². The topological polar surface area (TPSA) is 0 Å². The molecule has 0 unspecified atom stereocenters. The van der Waals surface area contributed by atoms with Crippen LogP contribution >= 0.6 is 0 Å². The Morgan fingerprint density at radius 2 is 0.955 bits per heavy atom. The SMILES string of the molecule is [C]1=C/C=C/C=C\C=C\C=C\C=C\C=C/C=C/CCCCCC/1. The van der Waals surface area contributed by atoms with Crippen molar-refractivity contribution in [2.45, 2.75) is 38.5 Å². The summed E-state index contributed by atoms with van der Waals surface area (Å²) in [6.07, 6.45) is 41.5. The van der Waals surface area contributed by atoms with Gasteiger partial charge in [0.2, 0.25) is 0 Å². The second-order valence-corrected chi connectivity index (χ2v) is 5.06. The number of hydrogen-bond donors (Lipinski definition) is 0. The van der Waals surface area contributed by atoms with E-state index in [0.717, 1.165) is 6.42 Å². The Labute approximate surface area is 136 Å². The van der Waals surface area contributed by atoms with Crippen molar-refractivity contribution < 1.29 is 0 Å². The third-order valence-electron chi connectivity index (χ3n) is 3.13. The van der Waals surface area contributed by atoms with E-state index in [0.29, 0.717) is 0 Å². The molecule has 0 bridgehead atoms. The van der Waals surface area contributed by atoms with Crippen molar-refractivity contribution >= 4 is 0 Å². The largest absolute Gasteiger partial charge is 0.0845 e. The van der Waals surface area contributed by atoms with Crippen LogP contribution in [-0.2, 0) is 0 Å². The molecule has 0 amide bonds. The summed E-state index contributed by atoms with van der Waals surface area (Å²) in [5.41, 5.74) is 0. The smallest absolute Gasteiger partial charge is 0.0276 e. The predicted molar refractivity (Wildman–Crippen MR) is 99.5 cm³/mol. The van der Waals surface area contributed by atoms with E-state index in [9.17, 15) is 0 Å². The predicted octanol–water partition coefficient (Wildman–Crippen LogP) is 6.59. The molecule has 0 fully saturated rings. The van der Waals surface area contributed by atoms with E-state index >= 15 is 0 Å². The van der Waals surface area contributed by atoms with Gasteiger partial charge in [0.05, 0.1) is 0 Å². The fraction of sp³-hybridized carbons (Fsp3) is 0.273. The Morgan fingerprint density at radius 1 is 0.455 bits per heavy atom. The molecule has 0 aromatic carbocycles. The van der Waals surface area contributed by atoms with E-state index in [2.05, 4.69) is 30.4 Å². The minimum atomic E-state index is 1.06. The number of rotatable bonds is 0. The standard InChI is InChI=1S/C22H27/c1-2-4-6-8-10-12-14-16-18-20-22-21-19-17-15-13-11-9-7-5-3-1/h1-15H,16,18-22H2/b2-1+,5-3+,6-4+,9-7-,10-8-,13-11+,14-12+,17-15?. The van der Waals surface area contributed by atoms with E-state index in [-0.39, 0.29) is 0 Å². The highest BCUT2D eigenvalue weighted by molar-refractivity contribution is 5.21. The fourth-order valence-electron chi connectivity index (χ4n) is 1.93. The first-order chi connectivity index (χ1) is 11.0. The van der Waals surface area contributed by atoms with E-state index in [4.69, 9.17) is 0 Å². The van der Waals surface area contributed by atoms with Crippen molar-refractivity contribution in [1.29, 1.82) is 0 Å². The van der Waals surface area contributed by atoms with Gasteiger partial charge in [-0.15, -0.1) is 0 Å². The lowest BCUT2D eigenvalue weighted by Crippen LogP contribution is -1.76. The van der Waals surface area contributed by atoms with Gasteiger partial charge in [-0.3, -0.25) is 0 Å². The van der Waals surface area contributed by atoms with E-state index in [1.807, 2.05) is 66.8 Å². The van der Waals surface area contributed by atoms with Crippen LogP contribution in [0.5, 0.6) is 0 Å². The molecule has 0 saturated heterocycles. The quantitative estimate of drug-likeness (QED) is 0.472. The maximum absolute atomic E-state index is 3.32. The van der Waals surface area contributed by atoms with Gasteiger partial charge < -0.3 is 0 Å². The van der Waals surface area contributed by atoms with Crippen molar-refractivity contribution in [2.24, 2.45) is 0 Å². The van der Waals surface area contributed by atoms with Crippen LogP contribution in [0.25, 0.3) is 0 Å².